The molecule has 0 radical (unpaired) electrons. The van der Waals surface area contributed by atoms with Crippen LogP contribution >= 0.6 is 0 Å². The first kappa shape index (κ1) is 18.7. The van der Waals surface area contributed by atoms with Crippen molar-refractivity contribution in [1.29, 1.82) is 5.26 Å². The molecule has 142 valence electrons. The number of alkyl halides is 3. The molecule has 0 aromatic carbocycles. The molecule has 6 nitrogen and oxygen atoms in total. The minimum atomic E-state index is -4.45. The summed E-state index contributed by atoms with van der Waals surface area (Å²) in [5, 5.41) is 9.50. The number of ether oxygens (including phenoxy) is 1. The number of halogens is 3. The van der Waals surface area contributed by atoms with E-state index in [1.54, 1.807) is 11.9 Å². The Morgan fingerprint density at radius 1 is 1.50 bits per heavy atom. The number of hydrogen-bond acceptors (Lipinski definition) is 4. The number of nitrogens with zero attached hydrogens (tertiary/aromatic N) is 4. The first-order valence-corrected chi connectivity index (χ1v) is 8.63. The van der Waals surface area contributed by atoms with Crippen molar-refractivity contribution in [3.8, 4) is 6.07 Å². The fourth-order valence-electron chi connectivity index (χ4n) is 3.73. The predicted octanol–water partition coefficient (Wildman–Crippen LogP) is 2.24. The van der Waals surface area contributed by atoms with Crippen LogP contribution in [-0.4, -0.2) is 47.2 Å². The lowest BCUT2D eigenvalue weighted by Gasteiger charge is -2.35. The highest BCUT2D eigenvalue weighted by atomic mass is 19.4. The van der Waals surface area contributed by atoms with Crippen molar-refractivity contribution in [1.82, 2.24) is 14.5 Å². The van der Waals surface area contributed by atoms with Gasteiger partial charge < -0.3 is 14.2 Å². The van der Waals surface area contributed by atoms with Crippen LogP contribution in [0.15, 0.2) is 6.20 Å². The quantitative estimate of drug-likeness (QED) is 0.818. The van der Waals surface area contributed by atoms with E-state index in [0.29, 0.717) is 57.8 Å². The molecule has 1 saturated heterocycles. The lowest BCUT2D eigenvalue weighted by atomic mass is 9.80. The summed E-state index contributed by atoms with van der Waals surface area (Å²) >= 11 is 0. The fourth-order valence-corrected chi connectivity index (χ4v) is 3.73. The Balaban J connectivity index is 1.65. The summed E-state index contributed by atoms with van der Waals surface area (Å²) in [6.07, 6.45) is -1.56. The van der Waals surface area contributed by atoms with Gasteiger partial charge in [-0.3, -0.25) is 4.79 Å². The molecule has 1 aromatic rings. The Hall–Kier alpha value is -2.08. The summed E-state index contributed by atoms with van der Waals surface area (Å²) in [5.74, 6) is 0.235. The van der Waals surface area contributed by atoms with Gasteiger partial charge in [-0.1, -0.05) is 0 Å². The number of rotatable bonds is 3. The van der Waals surface area contributed by atoms with Gasteiger partial charge in [0.25, 0.3) is 0 Å². The molecule has 1 aromatic heterocycles. The second-order valence-electron chi connectivity index (χ2n) is 7.09. The van der Waals surface area contributed by atoms with Crippen LogP contribution in [0.3, 0.4) is 0 Å². The first-order chi connectivity index (χ1) is 12.2. The number of aryl methyl sites for hydroxylation is 1. The van der Waals surface area contributed by atoms with Gasteiger partial charge in [-0.05, 0) is 25.2 Å². The molecule has 0 aliphatic carbocycles. The van der Waals surface area contributed by atoms with Crippen molar-refractivity contribution in [2.24, 2.45) is 11.3 Å². The molecule has 3 rings (SSSR count). The number of carbonyl (C=O) groups is 1. The van der Waals surface area contributed by atoms with E-state index in [1.165, 1.54) is 4.57 Å². The van der Waals surface area contributed by atoms with Gasteiger partial charge in [0.2, 0.25) is 5.91 Å². The van der Waals surface area contributed by atoms with Crippen molar-refractivity contribution in [2.75, 3.05) is 26.8 Å². The van der Waals surface area contributed by atoms with Crippen LogP contribution in [-0.2, 0) is 28.7 Å². The third-order valence-electron chi connectivity index (χ3n) is 5.23. The van der Waals surface area contributed by atoms with Crippen molar-refractivity contribution < 1.29 is 22.7 Å². The minimum Gasteiger partial charge on any atom is -0.381 e. The normalized spacial score (nSPS) is 22.3. The van der Waals surface area contributed by atoms with Crippen LogP contribution < -0.4 is 0 Å². The molecule has 2 aliphatic rings. The van der Waals surface area contributed by atoms with Crippen LogP contribution in [0.25, 0.3) is 0 Å². The standard InChI is InChI=1S/C17H21F3N4O2/c1-23(15(25)16(11-21)4-6-26-7-5-16)8-12-2-3-14-22-13(17(18,19)20)10-24(14)9-12/h10,12H,2-9H2,1H3/t12-/m0/s1. The molecule has 0 saturated carbocycles. The molecule has 1 atom stereocenters. The highest BCUT2D eigenvalue weighted by Gasteiger charge is 2.43. The maximum Gasteiger partial charge on any atom is 0.434 e. The van der Waals surface area contributed by atoms with Gasteiger partial charge in [0.05, 0.1) is 6.07 Å². The summed E-state index contributed by atoms with van der Waals surface area (Å²) in [7, 11) is 1.65. The van der Waals surface area contributed by atoms with Gasteiger partial charge in [-0.25, -0.2) is 4.98 Å². The van der Waals surface area contributed by atoms with E-state index in [9.17, 15) is 23.2 Å². The molecule has 0 bridgehead atoms. The largest absolute Gasteiger partial charge is 0.434 e. The topological polar surface area (TPSA) is 71.2 Å². The Labute approximate surface area is 149 Å². The molecule has 26 heavy (non-hydrogen) atoms. The summed E-state index contributed by atoms with van der Waals surface area (Å²) in [5.41, 5.74) is -1.92. The monoisotopic (exact) mass is 370 g/mol. The molecule has 3 heterocycles. The van der Waals surface area contributed by atoms with Crippen molar-refractivity contribution in [3.63, 3.8) is 0 Å². The van der Waals surface area contributed by atoms with E-state index < -0.39 is 17.3 Å². The molecule has 9 heteroatoms. The molecule has 0 N–H and O–H groups in total. The summed E-state index contributed by atoms with van der Waals surface area (Å²) in [6.45, 7) is 1.56. The van der Waals surface area contributed by atoms with Gasteiger partial charge in [0.15, 0.2) is 5.69 Å². The number of nitriles is 1. The average Bonchev–Trinajstić information content (AvgIpc) is 3.05. The van der Waals surface area contributed by atoms with E-state index in [4.69, 9.17) is 4.74 Å². The zero-order valence-electron chi connectivity index (χ0n) is 14.6. The van der Waals surface area contributed by atoms with Crippen molar-refractivity contribution in [2.45, 2.75) is 38.4 Å². The third kappa shape index (κ3) is 3.56. The number of fused-ring (bicyclic) bond motifs is 1. The molecular formula is C17H21F3N4O2. The number of imidazole rings is 1. The zero-order chi connectivity index (χ0) is 18.9. The second-order valence-corrected chi connectivity index (χ2v) is 7.09. The molecule has 1 amide bonds. The van der Waals surface area contributed by atoms with Gasteiger partial charge >= 0.3 is 6.18 Å². The fraction of sp³-hybridized carbons (Fsp3) is 0.706. The summed E-state index contributed by atoms with van der Waals surface area (Å²) < 4.78 is 45.2. The Morgan fingerprint density at radius 3 is 2.81 bits per heavy atom. The zero-order valence-corrected chi connectivity index (χ0v) is 14.6. The van der Waals surface area contributed by atoms with Gasteiger partial charge in [0.1, 0.15) is 11.2 Å². The number of amides is 1. The second kappa shape index (κ2) is 6.91. The van der Waals surface area contributed by atoms with E-state index in [2.05, 4.69) is 11.1 Å². The van der Waals surface area contributed by atoms with Crippen LogP contribution in [0.5, 0.6) is 0 Å². The van der Waals surface area contributed by atoms with Gasteiger partial charge in [-0.15, -0.1) is 0 Å². The number of hydrogen-bond donors (Lipinski definition) is 0. The highest BCUT2D eigenvalue weighted by molar-refractivity contribution is 5.85. The van der Waals surface area contributed by atoms with Gasteiger partial charge in [0, 0.05) is 46.0 Å². The lowest BCUT2D eigenvalue weighted by molar-refractivity contribution is -0.143. The molecule has 2 aliphatic heterocycles. The third-order valence-corrected chi connectivity index (χ3v) is 5.23. The van der Waals surface area contributed by atoms with E-state index >= 15 is 0 Å². The van der Waals surface area contributed by atoms with Crippen molar-refractivity contribution >= 4 is 5.91 Å². The highest BCUT2D eigenvalue weighted by Crippen LogP contribution is 2.33. The van der Waals surface area contributed by atoms with E-state index in [1.807, 2.05) is 0 Å². The SMILES string of the molecule is CN(C[C@@H]1CCc2nc(C(F)(F)F)cn2C1)C(=O)C1(C#N)CCOCC1. The number of aromatic nitrogens is 2. The Morgan fingerprint density at radius 2 is 2.19 bits per heavy atom. The molecule has 0 unspecified atom stereocenters. The molecule has 0 spiro atoms. The molecular weight excluding hydrogens is 349 g/mol. The van der Waals surface area contributed by atoms with Crippen molar-refractivity contribution in [3.05, 3.63) is 17.7 Å². The Kier molecular flexibility index (Phi) is 4.97. The van der Waals surface area contributed by atoms with E-state index in [0.717, 1.165) is 6.20 Å². The summed E-state index contributed by atoms with van der Waals surface area (Å²) in [4.78, 5) is 18.0. The van der Waals surface area contributed by atoms with Crippen LogP contribution in [0, 0.1) is 22.7 Å². The first-order valence-electron chi connectivity index (χ1n) is 8.63. The Bertz CT molecular complexity index is 717. The average molecular weight is 370 g/mol. The smallest absolute Gasteiger partial charge is 0.381 e. The lowest BCUT2D eigenvalue weighted by Crippen LogP contribution is -2.46. The molecule has 1 fully saturated rings. The van der Waals surface area contributed by atoms with Gasteiger partial charge in [-0.2, -0.15) is 18.4 Å². The van der Waals surface area contributed by atoms with Crippen LogP contribution in [0.4, 0.5) is 13.2 Å². The maximum atomic E-state index is 12.8. The van der Waals surface area contributed by atoms with Crippen LogP contribution in [0.2, 0.25) is 0 Å². The predicted molar refractivity (Wildman–Crippen MR) is 84.8 cm³/mol. The maximum absolute atomic E-state index is 12.8. The van der Waals surface area contributed by atoms with Crippen LogP contribution in [0.1, 0.15) is 30.8 Å². The minimum absolute atomic E-state index is 0.0299. The number of carbonyl (C=O) groups excluding carboxylic acids is 1. The summed E-state index contributed by atoms with van der Waals surface area (Å²) in [6, 6.07) is 2.16. The van der Waals surface area contributed by atoms with E-state index in [-0.39, 0.29) is 11.8 Å².